The molecule has 0 unspecified atom stereocenters. The second-order valence-electron chi connectivity index (χ2n) is 8.40. The molecule has 28 heavy (non-hydrogen) atoms. The summed E-state index contributed by atoms with van der Waals surface area (Å²) in [6.07, 6.45) is 10.0. The van der Waals surface area contributed by atoms with Gasteiger partial charge in [0.15, 0.2) is 0 Å². The summed E-state index contributed by atoms with van der Waals surface area (Å²) in [5.41, 5.74) is 0. The molecular formula is C27H32Si. The SMILES string of the molecule is c1ccc([Si](CCCC2CCCCC2)(c2ccccc2)c2ccccc2)cc1. The van der Waals surface area contributed by atoms with Gasteiger partial charge in [0.2, 0.25) is 0 Å². The summed E-state index contributed by atoms with van der Waals surface area (Å²) in [5.74, 6) is 0.961. The lowest BCUT2D eigenvalue weighted by molar-refractivity contribution is 0.336. The van der Waals surface area contributed by atoms with Crippen molar-refractivity contribution in [2.75, 3.05) is 0 Å². The van der Waals surface area contributed by atoms with Crippen LogP contribution in [0.25, 0.3) is 0 Å². The van der Waals surface area contributed by atoms with Crippen LogP contribution in [0.3, 0.4) is 0 Å². The van der Waals surface area contributed by atoms with Crippen LogP contribution >= 0.6 is 0 Å². The van der Waals surface area contributed by atoms with Gasteiger partial charge in [0.25, 0.3) is 0 Å². The Kier molecular flexibility index (Phi) is 6.44. The maximum Gasteiger partial charge on any atom is 0.148 e. The molecular weight excluding hydrogens is 352 g/mol. The highest BCUT2D eigenvalue weighted by Crippen LogP contribution is 2.29. The van der Waals surface area contributed by atoms with Crippen LogP contribution in [-0.2, 0) is 0 Å². The monoisotopic (exact) mass is 384 g/mol. The molecule has 1 fully saturated rings. The molecule has 144 valence electrons. The lowest BCUT2D eigenvalue weighted by Gasteiger charge is -2.34. The van der Waals surface area contributed by atoms with Gasteiger partial charge in [-0.05, 0) is 27.5 Å². The quantitative estimate of drug-likeness (QED) is 0.372. The minimum absolute atomic E-state index is 0.961. The number of hydrogen-bond donors (Lipinski definition) is 0. The average Bonchev–Trinajstić information content (AvgIpc) is 2.79. The van der Waals surface area contributed by atoms with Crippen molar-refractivity contribution in [3.8, 4) is 0 Å². The molecule has 0 N–H and O–H groups in total. The average molecular weight is 385 g/mol. The van der Waals surface area contributed by atoms with Gasteiger partial charge in [-0.25, -0.2) is 0 Å². The lowest BCUT2D eigenvalue weighted by Crippen LogP contribution is -2.66. The van der Waals surface area contributed by atoms with Crippen LogP contribution in [0.1, 0.15) is 44.9 Å². The van der Waals surface area contributed by atoms with Gasteiger partial charge in [0, 0.05) is 0 Å². The van der Waals surface area contributed by atoms with E-state index in [-0.39, 0.29) is 0 Å². The second-order valence-corrected chi connectivity index (χ2v) is 12.4. The Labute approximate surface area is 171 Å². The molecule has 0 aliphatic heterocycles. The minimum Gasteiger partial charge on any atom is -0.0624 e. The zero-order valence-electron chi connectivity index (χ0n) is 16.9. The number of benzene rings is 3. The third-order valence-corrected chi connectivity index (χ3v) is 11.7. The molecule has 0 spiro atoms. The van der Waals surface area contributed by atoms with Crippen LogP contribution in [0.4, 0.5) is 0 Å². The maximum atomic E-state index is 2.38. The molecule has 0 radical (unpaired) electrons. The Morgan fingerprint density at radius 1 is 0.571 bits per heavy atom. The van der Waals surface area contributed by atoms with Crippen LogP contribution in [0.5, 0.6) is 0 Å². The van der Waals surface area contributed by atoms with Crippen LogP contribution < -0.4 is 15.6 Å². The normalized spacial score (nSPS) is 15.4. The fourth-order valence-electron chi connectivity index (χ4n) is 5.23. The van der Waals surface area contributed by atoms with E-state index < -0.39 is 8.07 Å². The van der Waals surface area contributed by atoms with Crippen LogP contribution in [0.15, 0.2) is 91.0 Å². The fraction of sp³-hybridized carbons (Fsp3) is 0.333. The standard InChI is InChI=1S/C27H32Si/c1-5-14-24(15-6-1)16-13-23-28(25-17-7-2-8-18-25,26-19-9-3-10-20-26)27-21-11-4-12-22-27/h2-4,7-12,17-22,24H,1,5-6,13-16,23H2. The third-order valence-electron chi connectivity index (χ3n) is 6.69. The van der Waals surface area contributed by atoms with Crippen molar-refractivity contribution in [3.63, 3.8) is 0 Å². The molecule has 0 saturated heterocycles. The van der Waals surface area contributed by atoms with Crippen LogP contribution in [0.2, 0.25) is 6.04 Å². The van der Waals surface area contributed by atoms with Gasteiger partial charge in [-0.3, -0.25) is 0 Å². The summed E-state index contributed by atoms with van der Waals surface area (Å²) < 4.78 is 0. The minimum atomic E-state index is -2.01. The summed E-state index contributed by atoms with van der Waals surface area (Å²) in [4.78, 5) is 0. The predicted octanol–water partition coefficient (Wildman–Crippen LogP) is 5.52. The van der Waals surface area contributed by atoms with Crippen LogP contribution in [-0.4, -0.2) is 8.07 Å². The molecule has 0 heterocycles. The first-order valence-corrected chi connectivity index (χ1v) is 13.3. The Hall–Kier alpha value is -2.12. The molecule has 1 saturated carbocycles. The van der Waals surface area contributed by atoms with E-state index in [1.54, 1.807) is 15.6 Å². The van der Waals surface area contributed by atoms with E-state index in [1.807, 2.05) is 0 Å². The lowest BCUT2D eigenvalue weighted by atomic mass is 9.86. The van der Waals surface area contributed by atoms with Gasteiger partial charge in [0.05, 0.1) is 0 Å². The van der Waals surface area contributed by atoms with Crippen molar-refractivity contribution >= 4 is 23.6 Å². The van der Waals surface area contributed by atoms with Gasteiger partial charge in [-0.2, -0.15) is 0 Å². The summed E-state index contributed by atoms with van der Waals surface area (Å²) >= 11 is 0. The summed E-state index contributed by atoms with van der Waals surface area (Å²) in [5, 5.41) is 4.66. The Morgan fingerprint density at radius 3 is 1.43 bits per heavy atom. The maximum absolute atomic E-state index is 2.38. The van der Waals surface area contributed by atoms with Gasteiger partial charge in [-0.15, -0.1) is 0 Å². The molecule has 3 aromatic carbocycles. The second kappa shape index (κ2) is 9.38. The van der Waals surface area contributed by atoms with Crippen molar-refractivity contribution in [2.24, 2.45) is 5.92 Å². The molecule has 1 aliphatic rings. The molecule has 0 amide bonds. The van der Waals surface area contributed by atoms with Crippen molar-refractivity contribution in [3.05, 3.63) is 91.0 Å². The Balaban J connectivity index is 1.72. The van der Waals surface area contributed by atoms with E-state index in [9.17, 15) is 0 Å². The number of rotatable bonds is 7. The van der Waals surface area contributed by atoms with E-state index in [1.165, 1.54) is 51.0 Å². The molecule has 0 atom stereocenters. The smallest absolute Gasteiger partial charge is 0.0624 e. The van der Waals surface area contributed by atoms with Crippen molar-refractivity contribution in [2.45, 2.75) is 51.0 Å². The molecule has 0 nitrogen and oxygen atoms in total. The highest BCUT2D eigenvalue weighted by molar-refractivity contribution is 7.11. The number of hydrogen-bond acceptors (Lipinski definition) is 0. The molecule has 0 aromatic heterocycles. The predicted molar refractivity (Wildman–Crippen MR) is 125 cm³/mol. The fourth-order valence-corrected chi connectivity index (χ4v) is 10.1. The first-order chi connectivity index (χ1) is 13.9. The molecule has 4 rings (SSSR count). The molecule has 0 bridgehead atoms. The summed E-state index contributed by atoms with van der Waals surface area (Å²) in [6.45, 7) is 0. The van der Waals surface area contributed by atoms with Crippen molar-refractivity contribution < 1.29 is 0 Å². The Morgan fingerprint density at radius 2 is 1.00 bits per heavy atom. The summed E-state index contributed by atoms with van der Waals surface area (Å²) in [6, 6.07) is 35.4. The molecule has 1 aliphatic carbocycles. The van der Waals surface area contributed by atoms with Gasteiger partial charge in [0.1, 0.15) is 8.07 Å². The van der Waals surface area contributed by atoms with Crippen molar-refractivity contribution in [1.29, 1.82) is 0 Å². The van der Waals surface area contributed by atoms with E-state index in [0.29, 0.717) is 0 Å². The Bertz CT molecular complexity index is 723. The molecule has 3 aromatic rings. The largest absolute Gasteiger partial charge is 0.148 e. The first kappa shape index (κ1) is 19.2. The van der Waals surface area contributed by atoms with Crippen molar-refractivity contribution in [1.82, 2.24) is 0 Å². The van der Waals surface area contributed by atoms with Gasteiger partial charge in [-0.1, -0.05) is 136 Å². The zero-order valence-corrected chi connectivity index (χ0v) is 17.9. The summed E-state index contributed by atoms with van der Waals surface area (Å²) in [7, 11) is -2.01. The van der Waals surface area contributed by atoms with E-state index in [0.717, 1.165) is 5.92 Å². The zero-order chi connectivity index (χ0) is 19.1. The van der Waals surface area contributed by atoms with Gasteiger partial charge < -0.3 is 0 Å². The van der Waals surface area contributed by atoms with E-state index in [4.69, 9.17) is 0 Å². The van der Waals surface area contributed by atoms with Crippen LogP contribution in [0, 0.1) is 5.92 Å². The van der Waals surface area contributed by atoms with Gasteiger partial charge >= 0.3 is 0 Å². The highest BCUT2D eigenvalue weighted by atomic mass is 28.3. The third kappa shape index (κ3) is 4.15. The molecule has 1 heteroatoms. The first-order valence-electron chi connectivity index (χ1n) is 11.1. The highest BCUT2D eigenvalue weighted by Gasteiger charge is 2.38. The van der Waals surface area contributed by atoms with E-state index in [2.05, 4.69) is 91.0 Å². The topological polar surface area (TPSA) is 0 Å². The van der Waals surface area contributed by atoms with E-state index >= 15 is 0 Å².